The van der Waals surface area contributed by atoms with Gasteiger partial charge in [0.05, 0.1) is 39.5 Å². The summed E-state index contributed by atoms with van der Waals surface area (Å²) in [6.07, 6.45) is 4.06. The molecule has 1 N–H and O–H groups in total. The van der Waals surface area contributed by atoms with Crippen LogP contribution >= 0.6 is 11.6 Å². The number of carbonyl (C=O) groups is 1. The zero-order valence-corrected chi connectivity index (χ0v) is 22.3. The van der Waals surface area contributed by atoms with Gasteiger partial charge in [-0.25, -0.2) is 0 Å². The molecule has 0 radical (unpaired) electrons. The molecule has 0 saturated carbocycles. The number of carbonyl (C=O) groups excluding carboxylic acids is 1. The number of benzene rings is 2. The Labute approximate surface area is 251 Å². The maximum Gasteiger partial charge on any atom is 0.159 e. The third-order valence-corrected chi connectivity index (χ3v) is 5.71. The molecule has 2 heterocycles. The summed E-state index contributed by atoms with van der Waals surface area (Å²) >= 11 is 6.47. The number of nitrogens with one attached hydrogen (secondary N) is 1. The third-order valence-electron chi connectivity index (χ3n) is 5.42. The van der Waals surface area contributed by atoms with Crippen molar-refractivity contribution >= 4 is 39.7 Å². The number of aromatic nitrogens is 2. The van der Waals surface area contributed by atoms with Crippen LogP contribution in [0.3, 0.4) is 0 Å². The summed E-state index contributed by atoms with van der Waals surface area (Å²) in [5, 5.41) is 13.4. The highest BCUT2D eigenvalue weighted by molar-refractivity contribution is 6.32. The number of pyridine rings is 2. The molecule has 2 aromatic heterocycles. The first-order chi connectivity index (χ1) is 22.7. The molecule has 0 fully saturated rings. The quantitative estimate of drug-likeness (QED) is 0.206. The Kier molecular flexibility index (Phi) is 6.36. The molecule has 0 aliphatic rings. The number of anilines is 2. The van der Waals surface area contributed by atoms with Gasteiger partial charge in [0.25, 0.3) is 0 Å². The Bertz CT molecular complexity index is 1930. The van der Waals surface area contributed by atoms with Gasteiger partial charge in [0.2, 0.25) is 0 Å². The second-order valence-corrected chi connectivity index (χ2v) is 8.70. The van der Waals surface area contributed by atoms with E-state index >= 15 is 0 Å². The van der Waals surface area contributed by atoms with Gasteiger partial charge in [-0.15, -0.1) is 0 Å². The van der Waals surface area contributed by atoms with E-state index in [9.17, 15) is 10.1 Å². The van der Waals surface area contributed by atoms with Crippen molar-refractivity contribution in [2.24, 2.45) is 0 Å². The number of allylic oxidation sites excluding steroid dienone is 1. The molecule has 2 aromatic carbocycles. The predicted molar refractivity (Wildman–Crippen MR) is 157 cm³/mol. The minimum Gasteiger partial charge on any atom is -0.494 e. The minimum absolute atomic E-state index is 0.0285. The SMILES string of the molecule is [2H]C([2H])(C)Oc1cc2ncc(C#N)c(Nc3ccc(OC([2H])([2H])c4ccccn4)c(Cl)c3)c2cc1CC(=O)/C=C/C([2H])([2H])N(C)C([2H])([2H])[2H]. The lowest BCUT2D eigenvalue weighted by Gasteiger charge is -2.16. The summed E-state index contributed by atoms with van der Waals surface area (Å²) in [4.78, 5) is 21.8. The minimum atomic E-state index is -2.76. The lowest BCUT2D eigenvalue weighted by Crippen LogP contribution is -2.11. The second-order valence-electron chi connectivity index (χ2n) is 8.30. The zero-order chi connectivity index (χ0) is 36.4. The van der Waals surface area contributed by atoms with Crippen molar-refractivity contribution in [3.05, 3.63) is 94.9 Å². The van der Waals surface area contributed by atoms with Crippen molar-refractivity contribution in [1.82, 2.24) is 14.9 Å². The zero-order valence-electron chi connectivity index (χ0n) is 30.5. The van der Waals surface area contributed by atoms with Crippen molar-refractivity contribution in [1.29, 1.82) is 5.26 Å². The first-order valence-corrected chi connectivity index (χ1v) is 12.3. The second kappa shape index (κ2) is 13.6. The van der Waals surface area contributed by atoms with Crippen LogP contribution in [0.25, 0.3) is 10.9 Å². The maximum atomic E-state index is 13.0. The Morgan fingerprint density at radius 2 is 2.10 bits per heavy atom. The molecule has 0 amide bonds. The Morgan fingerprint density at radius 3 is 2.83 bits per heavy atom. The van der Waals surface area contributed by atoms with Gasteiger partial charge in [-0.1, -0.05) is 23.7 Å². The van der Waals surface area contributed by atoms with E-state index in [-0.39, 0.29) is 44.5 Å². The lowest BCUT2D eigenvalue weighted by atomic mass is 10.0. The molecule has 0 bridgehead atoms. The van der Waals surface area contributed by atoms with Crippen molar-refractivity contribution in [3.63, 3.8) is 0 Å². The smallest absolute Gasteiger partial charge is 0.159 e. The number of ether oxygens (including phenoxy) is 2. The van der Waals surface area contributed by atoms with E-state index in [1.54, 1.807) is 18.2 Å². The summed E-state index contributed by atoms with van der Waals surface area (Å²) in [5.41, 5.74) is 1.24. The first-order valence-electron chi connectivity index (χ1n) is 16.4. The highest BCUT2D eigenvalue weighted by Gasteiger charge is 2.16. The fourth-order valence-electron chi connectivity index (χ4n) is 3.65. The van der Waals surface area contributed by atoms with Crippen LogP contribution in [0.4, 0.5) is 11.4 Å². The summed E-state index contributed by atoms with van der Waals surface area (Å²) in [7, 11) is 1.06. The molecule has 4 rings (SSSR count). The highest BCUT2D eigenvalue weighted by atomic mass is 35.5. The van der Waals surface area contributed by atoms with Crippen LogP contribution in [0.5, 0.6) is 11.5 Å². The fourth-order valence-corrected chi connectivity index (χ4v) is 3.87. The van der Waals surface area contributed by atoms with Crippen LogP contribution in [0, 0.1) is 11.3 Å². The Morgan fingerprint density at radius 1 is 1.23 bits per heavy atom. The summed E-state index contributed by atoms with van der Waals surface area (Å²) < 4.78 is 81.9. The van der Waals surface area contributed by atoms with Gasteiger partial charge in [-0.3, -0.25) is 14.8 Å². The standard InChI is InChI=1S/C31H30ClN5O3/c1-4-39-30-17-28-26(15-21(30)14-25(38)9-7-13-37(2)3)31(22(18-33)19-35-28)36-23-10-11-29(27(32)16-23)40-20-24-8-5-6-12-34-24/h5-12,15-17,19H,4,13-14,20H2,1-3H3,(H,35,36)/b9-7+/i2D3,4D2,13D2,20D2. The molecule has 204 valence electrons. The molecule has 0 spiro atoms. The average molecular weight is 565 g/mol. The van der Waals surface area contributed by atoms with E-state index in [4.69, 9.17) is 33.4 Å². The number of rotatable bonds is 12. The molecular weight excluding hydrogens is 526 g/mol. The van der Waals surface area contributed by atoms with Crippen molar-refractivity contribution in [2.75, 3.05) is 32.4 Å². The van der Waals surface area contributed by atoms with Crippen molar-refractivity contribution in [3.8, 4) is 17.6 Å². The van der Waals surface area contributed by atoms with E-state index < -0.39 is 38.8 Å². The van der Waals surface area contributed by atoms with E-state index in [2.05, 4.69) is 21.4 Å². The van der Waals surface area contributed by atoms with Gasteiger partial charge in [0, 0.05) is 54.9 Å². The maximum absolute atomic E-state index is 13.0. The number of nitrogens with zero attached hydrogens (tertiary/aromatic N) is 4. The molecule has 4 aromatic rings. The number of fused-ring (bicyclic) bond motifs is 1. The number of halogens is 1. The Hall–Kier alpha value is -4.45. The number of hydrogen-bond acceptors (Lipinski definition) is 8. The number of nitriles is 1. The van der Waals surface area contributed by atoms with Crippen LogP contribution in [-0.4, -0.2) is 47.7 Å². The number of ketones is 1. The monoisotopic (exact) mass is 564 g/mol. The number of hydrogen-bond donors (Lipinski definition) is 1. The van der Waals surface area contributed by atoms with E-state index in [0.717, 1.165) is 19.2 Å². The number of likely N-dealkylation sites (N-methyl/N-ethyl adjacent to an activating group) is 1. The fraction of sp³-hybridized carbons (Fsp3) is 0.226. The molecule has 0 aliphatic heterocycles. The first kappa shape index (κ1) is 18.8. The van der Waals surface area contributed by atoms with Crippen LogP contribution in [0.15, 0.2) is 73.1 Å². The van der Waals surface area contributed by atoms with Gasteiger partial charge >= 0.3 is 0 Å². The van der Waals surface area contributed by atoms with Crippen LogP contribution in [0.2, 0.25) is 5.02 Å². The van der Waals surface area contributed by atoms with Crippen LogP contribution in [-0.2, 0) is 17.8 Å². The van der Waals surface area contributed by atoms with Crippen molar-refractivity contribution in [2.45, 2.75) is 19.9 Å². The van der Waals surface area contributed by atoms with E-state index in [0.29, 0.717) is 16.0 Å². The summed E-state index contributed by atoms with van der Waals surface area (Å²) in [6.45, 7) is -8.54. The largest absolute Gasteiger partial charge is 0.494 e. The topological polar surface area (TPSA) is 100 Å². The molecule has 0 unspecified atom stereocenters. The summed E-state index contributed by atoms with van der Waals surface area (Å²) in [6, 6.07) is 14.1. The molecule has 40 heavy (non-hydrogen) atoms. The molecule has 0 atom stereocenters. The predicted octanol–water partition coefficient (Wildman–Crippen LogP) is 6.11. The molecule has 0 saturated heterocycles. The van der Waals surface area contributed by atoms with Crippen LogP contribution < -0.4 is 14.8 Å². The summed E-state index contributed by atoms with van der Waals surface area (Å²) in [5.74, 6) is -0.642. The molecule has 0 aliphatic carbocycles. The lowest BCUT2D eigenvalue weighted by molar-refractivity contribution is -0.114. The highest BCUT2D eigenvalue weighted by Crippen LogP contribution is 2.36. The average Bonchev–Trinajstić information content (AvgIpc) is 3.01. The van der Waals surface area contributed by atoms with Gasteiger partial charge in [-0.05, 0) is 63.4 Å². The third kappa shape index (κ3) is 7.35. The molecule has 8 nitrogen and oxygen atoms in total. The van der Waals surface area contributed by atoms with Gasteiger partial charge in [0.15, 0.2) is 5.78 Å². The van der Waals surface area contributed by atoms with E-state index in [1.807, 2.05) is 0 Å². The van der Waals surface area contributed by atoms with Gasteiger partial charge in [0.1, 0.15) is 24.1 Å². The molecular formula is C31H30ClN5O3. The Balaban J connectivity index is 1.71. The molecule has 9 heteroatoms. The van der Waals surface area contributed by atoms with Crippen LogP contribution in [0.1, 0.15) is 36.1 Å². The van der Waals surface area contributed by atoms with Gasteiger partial charge in [-0.2, -0.15) is 5.26 Å². The van der Waals surface area contributed by atoms with Gasteiger partial charge < -0.3 is 19.7 Å². The normalized spacial score (nSPS) is 15.8. The van der Waals surface area contributed by atoms with E-state index in [1.165, 1.54) is 49.6 Å². The van der Waals surface area contributed by atoms with Crippen molar-refractivity contribution < 1.29 is 26.6 Å².